The Balaban J connectivity index is 0.00000301. The van der Waals surface area contributed by atoms with E-state index < -0.39 is 12.3 Å². The van der Waals surface area contributed by atoms with Crippen molar-refractivity contribution >= 4 is 45.4 Å². The fourth-order valence-electron chi connectivity index (χ4n) is 3.77. The van der Waals surface area contributed by atoms with Gasteiger partial charge in [-0.3, -0.25) is 19.0 Å². The van der Waals surface area contributed by atoms with Crippen molar-refractivity contribution in [2.75, 3.05) is 22.8 Å². The van der Waals surface area contributed by atoms with E-state index in [0.29, 0.717) is 46.2 Å². The predicted molar refractivity (Wildman–Crippen MR) is 164 cm³/mol. The highest BCUT2D eigenvalue weighted by molar-refractivity contribution is 7.16. The summed E-state index contributed by atoms with van der Waals surface area (Å²) in [5, 5.41) is 10.3. The third-order valence-corrected chi connectivity index (χ3v) is 6.92. The largest absolute Gasteiger partial charge is 0.396 e. The van der Waals surface area contributed by atoms with Gasteiger partial charge in [-0.1, -0.05) is 17.4 Å². The Morgan fingerprint density at radius 1 is 1.12 bits per heavy atom. The molecule has 3 aromatic rings. The number of nitrogens with two attached hydrogens (primary N) is 2. The van der Waals surface area contributed by atoms with Crippen LogP contribution in [-0.4, -0.2) is 29.5 Å². The van der Waals surface area contributed by atoms with Gasteiger partial charge in [0.05, 0.1) is 23.4 Å². The van der Waals surface area contributed by atoms with E-state index in [1.807, 2.05) is 27.7 Å². The predicted octanol–water partition coefficient (Wildman–Crippen LogP) is 6.02. The van der Waals surface area contributed by atoms with Gasteiger partial charge in [0.15, 0.2) is 5.13 Å². The minimum absolute atomic E-state index is 0.133. The van der Waals surface area contributed by atoms with Crippen LogP contribution in [0.2, 0.25) is 0 Å². The minimum atomic E-state index is -2.69. The Morgan fingerprint density at radius 2 is 1.79 bits per heavy atom. The van der Waals surface area contributed by atoms with Gasteiger partial charge < -0.3 is 21.7 Å². The maximum absolute atomic E-state index is 13.8. The molecule has 9 nitrogen and oxygen atoms in total. The van der Waals surface area contributed by atoms with Crippen LogP contribution >= 0.6 is 11.3 Å². The number of rotatable bonds is 9. The molecule has 0 aliphatic heterocycles. The van der Waals surface area contributed by atoms with E-state index in [0.717, 1.165) is 5.56 Å². The summed E-state index contributed by atoms with van der Waals surface area (Å²) >= 11 is 1.19. The number of carbonyl (C=O) groups excluding carboxylic acids is 2. The van der Waals surface area contributed by atoms with Crippen molar-refractivity contribution in [3.63, 3.8) is 0 Å². The second kappa shape index (κ2) is 14.8. The molecular weight excluding hydrogens is 567 g/mol. The Labute approximate surface area is 248 Å². The van der Waals surface area contributed by atoms with Gasteiger partial charge in [0.25, 0.3) is 12.3 Å². The van der Waals surface area contributed by atoms with E-state index in [2.05, 4.69) is 20.9 Å². The van der Waals surface area contributed by atoms with E-state index in [1.54, 1.807) is 31.2 Å². The fraction of sp³-hybridized carbons (Fsp3) is 0.345. The number of hydrogen-bond acceptors (Lipinski definition) is 8. The molecule has 3 rings (SSSR count). The molecule has 0 saturated heterocycles. The number of carbonyl (C=O) groups is 2. The summed E-state index contributed by atoms with van der Waals surface area (Å²) in [5.41, 5.74) is 9.14. The molecule has 0 atom stereocenters. The first-order valence-electron chi connectivity index (χ1n) is 12.9. The van der Waals surface area contributed by atoms with Crippen molar-refractivity contribution in [2.24, 2.45) is 11.6 Å². The van der Waals surface area contributed by atoms with Crippen molar-refractivity contribution in [3.8, 4) is 0 Å². The van der Waals surface area contributed by atoms with E-state index in [4.69, 9.17) is 11.6 Å². The van der Waals surface area contributed by atoms with Crippen molar-refractivity contribution in [3.05, 3.63) is 75.4 Å². The van der Waals surface area contributed by atoms with Gasteiger partial charge in [-0.25, -0.2) is 19.6 Å². The number of aromatic nitrogens is 1. The number of aryl methyl sites for hydroxylation is 1. The smallest absolute Gasteiger partial charge is 0.264 e. The number of halogens is 3. The average molecular weight is 606 g/mol. The van der Waals surface area contributed by atoms with E-state index in [-0.39, 0.29) is 28.3 Å². The van der Waals surface area contributed by atoms with Crippen LogP contribution in [0.4, 0.5) is 29.7 Å². The molecule has 0 spiro atoms. The van der Waals surface area contributed by atoms with Crippen molar-refractivity contribution in [1.29, 1.82) is 0 Å². The first kappa shape index (κ1) is 34.3. The molecule has 1 aromatic heterocycles. The first-order chi connectivity index (χ1) is 19.6. The van der Waals surface area contributed by atoms with Crippen LogP contribution in [0.3, 0.4) is 0 Å². The summed E-state index contributed by atoms with van der Waals surface area (Å²) in [6.45, 7) is 11.2. The molecular formula is C29H38F3N7O2S. The van der Waals surface area contributed by atoms with Gasteiger partial charge in [0, 0.05) is 48.2 Å². The Bertz CT molecular complexity index is 1440. The molecule has 1 heterocycles. The molecule has 0 aliphatic carbocycles. The summed E-state index contributed by atoms with van der Waals surface area (Å²) in [4.78, 5) is 29.1. The second-order valence-electron chi connectivity index (χ2n) is 10.4. The summed E-state index contributed by atoms with van der Waals surface area (Å²) in [6, 6.07) is 7.96. The number of hydrazine groups is 1. The number of nitrogens with zero attached hydrogens (tertiary/aromatic N) is 2. The zero-order valence-electron chi connectivity index (χ0n) is 24.7. The minimum Gasteiger partial charge on any atom is -0.396 e. The highest BCUT2D eigenvalue weighted by Crippen LogP contribution is 2.30. The molecule has 42 heavy (non-hydrogen) atoms. The van der Waals surface area contributed by atoms with Crippen LogP contribution in [-0.2, 0) is 11.3 Å². The van der Waals surface area contributed by atoms with Crippen LogP contribution in [0.15, 0.2) is 42.7 Å². The number of alkyl halides is 3. The fourth-order valence-corrected chi connectivity index (χ4v) is 4.56. The summed E-state index contributed by atoms with van der Waals surface area (Å²) in [5.74, 6) is 5.55. The van der Waals surface area contributed by atoms with E-state index in [1.165, 1.54) is 41.7 Å². The number of hydrogen-bond donors (Lipinski definition) is 5. The van der Waals surface area contributed by atoms with E-state index in [9.17, 15) is 22.8 Å². The van der Waals surface area contributed by atoms with Crippen LogP contribution in [0.5, 0.6) is 0 Å². The average Bonchev–Trinajstić information content (AvgIpc) is 3.37. The molecule has 0 saturated carbocycles. The SMILES string of the molecule is CC(=O)Nc1ncc(/C(N)=C/N(N)c2cc(C(=O)Nc3cc(CNC(C)(C)C)c(C)c(C(F)F)c3)ccc2C)s1.CF. The number of nitrogens with one attached hydrogen (secondary N) is 3. The van der Waals surface area contributed by atoms with Gasteiger partial charge in [-0.15, -0.1) is 0 Å². The number of amides is 2. The maximum atomic E-state index is 13.8. The lowest BCUT2D eigenvalue weighted by Gasteiger charge is -2.23. The Morgan fingerprint density at radius 3 is 2.38 bits per heavy atom. The monoisotopic (exact) mass is 605 g/mol. The van der Waals surface area contributed by atoms with Gasteiger partial charge in [-0.05, 0) is 75.6 Å². The third kappa shape index (κ3) is 9.57. The van der Waals surface area contributed by atoms with Gasteiger partial charge >= 0.3 is 0 Å². The summed E-state index contributed by atoms with van der Waals surface area (Å²) in [6.07, 6.45) is 0.317. The normalized spacial score (nSPS) is 11.6. The second-order valence-corrected chi connectivity index (χ2v) is 11.4. The number of anilines is 3. The van der Waals surface area contributed by atoms with Crippen LogP contribution < -0.4 is 32.5 Å². The Kier molecular flexibility index (Phi) is 12.1. The number of thiazole rings is 1. The molecule has 0 radical (unpaired) electrons. The van der Waals surface area contributed by atoms with Crippen molar-refractivity contribution in [1.82, 2.24) is 10.3 Å². The van der Waals surface area contributed by atoms with Crippen LogP contribution in [0.1, 0.15) is 71.6 Å². The topological polar surface area (TPSA) is 138 Å². The molecule has 0 bridgehead atoms. The van der Waals surface area contributed by atoms with Crippen LogP contribution in [0, 0.1) is 13.8 Å². The zero-order chi connectivity index (χ0) is 31.8. The Hall–Kier alpha value is -3.94. The van der Waals surface area contributed by atoms with Gasteiger partial charge in [-0.2, -0.15) is 0 Å². The van der Waals surface area contributed by atoms with Crippen molar-refractivity contribution in [2.45, 2.75) is 60.1 Å². The van der Waals surface area contributed by atoms with Crippen LogP contribution in [0.25, 0.3) is 5.70 Å². The molecule has 7 N–H and O–H groups in total. The van der Waals surface area contributed by atoms with Crippen molar-refractivity contribution < 1.29 is 22.8 Å². The molecule has 13 heteroatoms. The summed E-state index contributed by atoms with van der Waals surface area (Å²) in [7, 11) is 0.500. The molecule has 2 aromatic carbocycles. The lowest BCUT2D eigenvalue weighted by atomic mass is 9.99. The highest BCUT2D eigenvalue weighted by Gasteiger charge is 2.19. The van der Waals surface area contributed by atoms with Gasteiger partial charge in [0.1, 0.15) is 0 Å². The molecule has 2 amide bonds. The highest BCUT2D eigenvalue weighted by atomic mass is 32.1. The molecule has 0 unspecified atom stereocenters. The molecule has 0 aliphatic rings. The maximum Gasteiger partial charge on any atom is 0.264 e. The first-order valence-corrected chi connectivity index (χ1v) is 13.7. The third-order valence-electron chi connectivity index (χ3n) is 5.96. The zero-order valence-corrected chi connectivity index (χ0v) is 25.6. The lowest BCUT2D eigenvalue weighted by molar-refractivity contribution is -0.114. The number of benzene rings is 2. The summed E-state index contributed by atoms with van der Waals surface area (Å²) < 4.78 is 37.1. The van der Waals surface area contributed by atoms with Gasteiger partial charge in [0.2, 0.25) is 5.91 Å². The lowest BCUT2D eigenvalue weighted by Crippen LogP contribution is -2.35. The molecule has 0 fully saturated rings. The van der Waals surface area contributed by atoms with E-state index >= 15 is 0 Å². The standard InChI is InChI=1S/C28H35F2N7O2S.CH3F/c1-15-7-8-18(10-23(15)37(32)14-22(31)24-13-33-27(40-24)35-17(3)38)26(39)36-20-9-19(12-34-28(4,5)6)16(2)21(11-20)25(29)30;1-2/h7-11,13-14,25,34H,12,31-32H2,1-6H3,(H,36,39)(H,33,35,38);1H3/b22-14-;. The molecule has 228 valence electrons. The quantitative estimate of drug-likeness (QED) is 0.149.